The van der Waals surface area contributed by atoms with Crippen molar-refractivity contribution in [2.24, 2.45) is 0 Å². The molecule has 0 radical (unpaired) electrons. The van der Waals surface area contributed by atoms with Crippen LogP contribution >= 0.6 is 0 Å². The fourth-order valence-electron chi connectivity index (χ4n) is 2.89. The first kappa shape index (κ1) is 16.4. The molecule has 1 aliphatic rings. The van der Waals surface area contributed by atoms with Crippen LogP contribution in [0.3, 0.4) is 0 Å². The van der Waals surface area contributed by atoms with Crippen LogP contribution in [0.5, 0.6) is 5.75 Å². The lowest BCUT2D eigenvalue weighted by Gasteiger charge is -2.28. The van der Waals surface area contributed by atoms with Gasteiger partial charge in [0.25, 0.3) is 5.91 Å². The number of benzene rings is 2. The van der Waals surface area contributed by atoms with Crippen LogP contribution in [-0.4, -0.2) is 19.1 Å². The summed E-state index contributed by atoms with van der Waals surface area (Å²) >= 11 is 0. The van der Waals surface area contributed by atoms with E-state index < -0.39 is 0 Å². The lowest BCUT2D eigenvalue weighted by Crippen LogP contribution is -2.38. The molecule has 0 fully saturated rings. The number of fused-ring (bicyclic) bond motifs is 1. The highest BCUT2D eigenvalue weighted by Gasteiger charge is 2.24. The number of ether oxygens (including phenoxy) is 1. The molecule has 0 bridgehead atoms. The molecule has 1 heterocycles. The number of nitrogens with one attached hydrogen (secondary N) is 1. The average Bonchev–Trinajstić information content (AvgIpc) is 2.60. The predicted molar refractivity (Wildman–Crippen MR) is 97.8 cm³/mol. The average molecular weight is 324 g/mol. The number of nitrogens with zero attached hydrogens (tertiary/aromatic N) is 1. The largest absolute Gasteiger partial charge is 0.481 e. The van der Waals surface area contributed by atoms with Gasteiger partial charge in [0.1, 0.15) is 5.75 Å². The van der Waals surface area contributed by atoms with E-state index in [4.69, 9.17) is 4.74 Å². The summed E-state index contributed by atoms with van der Waals surface area (Å²) in [4.78, 5) is 13.6. The summed E-state index contributed by atoms with van der Waals surface area (Å²) in [5.74, 6) is 1.32. The molecule has 1 aliphatic heterocycles. The van der Waals surface area contributed by atoms with Crippen LogP contribution in [0.15, 0.2) is 42.5 Å². The normalized spacial score (nSPS) is 13.7. The minimum atomic E-state index is 0.0101. The van der Waals surface area contributed by atoms with Crippen LogP contribution in [-0.2, 0) is 11.3 Å². The fourth-order valence-corrected chi connectivity index (χ4v) is 2.89. The molecule has 1 amide bonds. The van der Waals surface area contributed by atoms with Gasteiger partial charge in [0.05, 0.1) is 5.69 Å². The molecule has 24 heavy (non-hydrogen) atoms. The van der Waals surface area contributed by atoms with Gasteiger partial charge in [-0.25, -0.2) is 0 Å². The van der Waals surface area contributed by atoms with Gasteiger partial charge in [-0.2, -0.15) is 0 Å². The number of anilines is 2. The maximum absolute atomic E-state index is 11.8. The fraction of sp³-hybridized carbons (Fsp3) is 0.350. The molecular formula is C20H24N2O2. The molecule has 2 aromatic carbocycles. The van der Waals surface area contributed by atoms with Gasteiger partial charge in [0, 0.05) is 24.8 Å². The molecule has 1 N–H and O–H groups in total. The monoisotopic (exact) mass is 324 g/mol. The van der Waals surface area contributed by atoms with Gasteiger partial charge < -0.3 is 15.0 Å². The first-order valence-electron chi connectivity index (χ1n) is 8.48. The minimum absolute atomic E-state index is 0.0101. The second kappa shape index (κ2) is 6.95. The molecule has 0 unspecified atom stereocenters. The van der Waals surface area contributed by atoms with Crippen molar-refractivity contribution in [1.82, 2.24) is 0 Å². The Morgan fingerprint density at radius 3 is 2.58 bits per heavy atom. The van der Waals surface area contributed by atoms with Crippen LogP contribution in [0.2, 0.25) is 0 Å². The summed E-state index contributed by atoms with van der Waals surface area (Å²) in [7, 11) is 0. The van der Waals surface area contributed by atoms with Crippen molar-refractivity contribution in [3.8, 4) is 5.75 Å². The van der Waals surface area contributed by atoms with Crippen molar-refractivity contribution < 1.29 is 9.53 Å². The van der Waals surface area contributed by atoms with E-state index in [1.165, 1.54) is 11.1 Å². The number of hydrogen-bond acceptors (Lipinski definition) is 3. The Balaban J connectivity index is 1.69. The standard InChI is InChI=1S/C20H24N2O2/c1-4-22-18-10-9-17(11-19(18)24-13-20(22)23)21-12-15-5-7-16(8-6-15)14(2)3/h5-11,14,21H,4,12-13H2,1-3H3. The smallest absolute Gasteiger partial charge is 0.265 e. The van der Waals surface area contributed by atoms with Crippen molar-refractivity contribution in [1.29, 1.82) is 0 Å². The number of amides is 1. The van der Waals surface area contributed by atoms with Crippen molar-refractivity contribution in [2.45, 2.75) is 33.2 Å². The van der Waals surface area contributed by atoms with Crippen molar-refractivity contribution in [3.63, 3.8) is 0 Å². The molecule has 0 aromatic heterocycles. The Kier molecular flexibility index (Phi) is 4.74. The zero-order valence-corrected chi connectivity index (χ0v) is 14.5. The number of likely N-dealkylation sites (N-methyl/N-ethyl adjacent to an activating group) is 1. The molecule has 0 atom stereocenters. The maximum atomic E-state index is 11.8. The third-order valence-electron chi connectivity index (χ3n) is 4.36. The third-order valence-corrected chi connectivity index (χ3v) is 4.36. The summed E-state index contributed by atoms with van der Waals surface area (Å²) in [6, 6.07) is 14.6. The maximum Gasteiger partial charge on any atom is 0.265 e. The number of rotatable bonds is 5. The van der Waals surface area contributed by atoms with E-state index in [2.05, 4.69) is 43.4 Å². The predicted octanol–water partition coefficient (Wildman–Crippen LogP) is 4.17. The van der Waals surface area contributed by atoms with Gasteiger partial charge in [-0.1, -0.05) is 38.1 Å². The van der Waals surface area contributed by atoms with Gasteiger partial charge in [-0.3, -0.25) is 4.79 Å². The van der Waals surface area contributed by atoms with E-state index in [-0.39, 0.29) is 12.5 Å². The van der Waals surface area contributed by atoms with Gasteiger partial charge in [-0.05, 0) is 36.1 Å². The van der Waals surface area contributed by atoms with Gasteiger partial charge in [-0.15, -0.1) is 0 Å². The van der Waals surface area contributed by atoms with E-state index in [9.17, 15) is 4.79 Å². The van der Waals surface area contributed by atoms with Crippen molar-refractivity contribution in [2.75, 3.05) is 23.4 Å². The van der Waals surface area contributed by atoms with E-state index in [0.717, 1.165) is 23.7 Å². The summed E-state index contributed by atoms with van der Waals surface area (Å²) in [5, 5.41) is 3.42. The zero-order chi connectivity index (χ0) is 17.1. The highest BCUT2D eigenvalue weighted by Crippen LogP contribution is 2.34. The van der Waals surface area contributed by atoms with Gasteiger partial charge in [0.15, 0.2) is 6.61 Å². The molecule has 3 rings (SSSR count). The molecule has 4 heteroatoms. The summed E-state index contributed by atoms with van der Waals surface area (Å²) in [6.45, 7) is 7.90. The molecule has 0 saturated heterocycles. The van der Waals surface area contributed by atoms with E-state index in [0.29, 0.717) is 12.5 Å². The Labute approximate surface area is 143 Å². The van der Waals surface area contributed by atoms with Crippen LogP contribution in [0.1, 0.15) is 37.8 Å². The topological polar surface area (TPSA) is 41.6 Å². The van der Waals surface area contributed by atoms with E-state index in [1.54, 1.807) is 4.90 Å². The quantitative estimate of drug-likeness (QED) is 0.897. The van der Waals surface area contributed by atoms with Crippen LogP contribution in [0.25, 0.3) is 0 Å². The third kappa shape index (κ3) is 3.37. The van der Waals surface area contributed by atoms with Crippen LogP contribution in [0.4, 0.5) is 11.4 Å². The minimum Gasteiger partial charge on any atom is -0.481 e. The molecular weight excluding hydrogens is 300 g/mol. The summed E-state index contributed by atoms with van der Waals surface area (Å²) < 4.78 is 5.57. The molecule has 0 saturated carbocycles. The highest BCUT2D eigenvalue weighted by atomic mass is 16.5. The Morgan fingerprint density at radius 1 is 1.17 bits per heavy atom. The zero-order valence-electron chi connectivity index (χ0n) is 14.5. The van der Waals surface area contributed by atoms with E-state index in [1.807, 2.05) is 25.1 Å². The Bertz CT molecular complexity index is 723. The summed E-state index contributed by atoms with van der Waals surface area (Å²) in [5.41, 5.74) is 4.43. The molecule has 2 aromatic rings. The van der Waals surface area contributed by atoms with Crippen molar-refractivity contribution >= 4 is 17.3 Å². The molecule has 0 spiro atoms. The van der Waals surface area contributed by atoms with Crippen LogP contribution in [0, 0.1) is 0 Å². The molecule has 0 aliphatic carbocycles. The molecule has 4 nitrogen and oxygen atoms in total. The SMILES string of the molecule is CCN1C(=O)COc2cc(NCc3ccc(C(C)C)cc3)ccc21. The Morgan fingerprint density at radius 2 is 1.92 bits per heavy atom. The highest BCUT2D eigenvalue weighted by molar-refractivity contribution is 5.98. The van der Waals surface area contributed by atoms with Gasteiger partial charge >= 0.3 is 0 Å². The van der Waals surface area contributed by atoms with Gasteiger partial charge in [0.2, 0.25) is 0 Å². The second-order valence-electron chi connectivity index (χ2n) is 6.36. The lowest BCUT2D eigenvalue weighted by atomic mass is 10.0. The second-order valence-corrected chi connectivity index (χ2v) is 6.36. The lowest BCUT2D eigenvalue weighted by molar-refractivity contribution is -0.121. The van der Waals surface area contributed by atoms with Crippen molar-refractivity contribution in [3.05, 3.63) is 53.6 Å². The first-order chi connectivity index (χ1) is 11.6. The number of carbonyl (C=O) groups excluding carboxylic acids is 1. The molecule has 126 valence electrons. The summed E-state index contributed by atoms with van der Waals surface area (Å²) in [6.07, 6.45) is 0. The number of carbonyl (C=O) groups is 1. The van der Waals surface area contributed by atoms with E-state index >= 15 is 0 Å². The van der Waals surface area contributed by atoms with Crippen LogP contribution < -0.4 is 15.0 Å². The first-order valence-corrected chi connectivity index (χ1v) is 8.48. The number of hydrogen-bond donors (Lipinski definition) is 1. The Hall–Kier alpha value is -2.49.